The fourth-order valence-corrected chi connectivity index (χ4v) is 2.22. The van der Waals surface area contributed by atoms with Crippen molar-refractivity contribution in [3.63, 3.8) is 0 Å². The molecule has 2 rings (SSSR count). The van der Waals surface area contributed by atoms with E-state index in [1.54, 1.807) is 7.11 Å². The average Bonchev–Trinajstić information content (AvgIpc) is 2.46. The van der Waals surface area contributed by atoms with Gasteiger partial charge in [0.15, 0.2) is 0 Å². The minimum Gasteiger partial charge on any atom is -0.497 e. The van der Waals surface area contributed by atoms with Crippen LogP contribution in [0.5, 0.6) is 5.75 Å². The molecular formula is C14H17BrN4O. The number of methoxy groups -OCH3 is 1. The predicted octanol–water partition coefficient (Wildman–Crippen LogP) is 3.60. The maximum absolute atomic E-state index is 5.25. The fraction of sp³-hybridized carbons (Fsp3) is 0.286. The zero-order valence-electron chi connectivity index (χ0n) is 11.7. The highest BCUT2D eigenvalue weighted by Gasteiger charge is 2.05. The quantitative estimate of drug-likeness (QED) is 0.873. The van der Waals surface area contributed by atoms with Gasteiger partial charge in [-0.15, -0.1) is 0 Å². The summed E-state index contributed by atoms with van der Waals surface area (Å²) in [4.78, 5) is 8.83. The summed E-state index contributed by atoms with van der Waals surface area (Å²) in [6, 6.07) is 7.65. The average molecular weight is 337 g/mol. The van der Waals surface area contributed by atoms with Crippen LogP contribution in [0.3, 0.4) is 0 Å². The molecule has 2 N–H and O–H groups in total. The zero-order chi connectivity index (χ0) is 14.5. The van der Waals surface area contributed by atoms with Crippen molar-refractivity contribution in [3.8, 4) is 5.75 Å². The lowest BCUT2D eigenvalue weighted by atomic mass is 10.3. The van der Waals surface area contributed by atoms with Gasteiger partial charge in [0.05, 0.1) is 7.11 Å². The van der Waals surface area contributed by atoms with E-state index in [1.807, 2.05) is 38.2 Å². The van der Waals surface area contributed by atoms with Gasteiger partial charge < -0.3 is 15.4 Å². The number of nitrogens with zero attached hydrogens (tertiary/aromatic N) is 2. The second kappa shape index (κ2) is 6.56. The number of halogens is 1. The van der Waals surface area contributed by atoms with Crippen LogP contribution in [0.2, 0.25) is 0 Å². The van der Waals surface area contributed by atoms with Crippen molar-refractivity contribution in [3.05, 3.63) is 34.6 Å². The lowest BCUT2D eigenvalue weighted by Gasteiger charge is -2.11. The SMILES string of the molecule is CCc1nc(NC)cc(Nc2cc(Br)cc(OC)c2)n1. The Morgan fingerprint density at radius 2 is 1.90 bits per heavy atom. The van der Waals surface area contributed by atoms with Crippen molar-refractivity contribution in [2.75, 3.05) is 24.8 Å². The van der Waals surface area contributed by atoms with Crippen molar-refractivity contribution in [1.29, 1.82) is 0 Å². The lowest BCUT2D eigenvalue weighted by Crippen LogP contribution is -2.03. The van der Waals surface area contributed by atoms with Crippen LogP contribution in [0.4, 0.5) is 17.3 Å². The van der Waals surface area contributed by atoms with Gasteiger partial charge in [0.2, 0.25) is 0 Å². The summed E-state index contributed by atoms with van der Waals surface area (Å²) < 4.78 is 6.19. The molecule has 106 valence electrons. The number of anilines is 3. The molecular weight excluding hydrogens is 320 g/mol. The van der Waals surface area contributed by atoms with E-state index in [0.29, 0.717) is 0 Å². The first-order valence-corrected chi connectivity index (χ1v) is 7.11. The van der Waals surface area contributed by atoms with Crippen molar-refractivity contribution in [2.45, 2.75) is 13.3 Å². The van der Waals surface area contributed by atoms with Crippen LogP contribution in [-0.2, 0) is 6.42 Å². The van der Waals surface area contributed by atoms with Gasteiger partial charge in [0.25, 0.3) is 0 Å². The molecule has 0 amide bonds. The number of benzene rings is 1. The molecule has 0 aliphatic heterocycles. The summed E-state index contributed by atoms with van der Waals surface area (Å²) in [6.07, 6.45) is 0.784. The Morgan fingerprint density at radius 3 is 2.55 bits per heavy atom. The van der Waals surface area contributed by atoms with E-state index in [0.717, 1.165) is 39.8 Å². The van der Waals surface area contributed by atoms with Crippen LogP contribution in [-0.4, -0.2) is 24.1 Å². The highest BCUT2D eigenvalue weighted by molar-refractivity contribution is 9.10. The van der Waals surface area contributed by atoms with E-state index in [-0.39, 0.29) is 0 Å². The molecule has 0 radical (unpaired) electrons. The van der Waals surface area contributed by atoms with Crippen LogP contribution in [0.15, 0.2) is 28.7 Å². The highest BCUT2D eigenvalue weighted by Crippen LogP contribution is 2.26. The molecule has 0 fully saturated rings. The normalized spacial score (nSPS) is 10.2. The first kappa shape index (κ1) is 14.6. The second-order valence-electron chi connectivity index (χ2n) is 4.16. The molecule has 0 atom stereocenters. The number of hydrogen-bond donors (Lipinski definition) is 2. The lowest BCUT2D eigenvalue weighted by molar-refractivity contribution is 0.415. The third-order valence-corrected chi connectivity index (χ3v) is 3.18. The van der Waals surface area contributed by atoms with Gasteiger partial charge in [-0.3, -0.25) is 0 Å². The van der Waals surface area contributed by atoms with Crippen LogP contribution >= 0.6 is 15.9 Å². The van der Waals surface area contributed by atoms with E-state index in [1.165, 1.54) is 0 Å². The number of nitrogens with one attached hydrogen (secondary N) is 2. The van der Waals surface area contributed by atoms with Gasteiger partial charge in [0, 0.05) is 35.8 Å². The molecule has 5 nitrogen and oxygen atoms in total. The molecule has 0 bridgehead atoms. The molecule has 20 heavy (non-hydrogen) atoms. The molecule has 6 heteroatoms. The summed E-state index contributed by atoms with van der Waals surface area (Å²) in [5, 5.41) is 6.30. The van der Waals surface area contributed by atoms with E-state index in [4.69, 9.17) is 4.74 Å². The molecule has 1 aromatic heterocycles. The molecule has 2 aromatic rings. The highest BCUT2D eigenvalue weighted by atomic mass is 79.9. The van der Waals surface area contributed by atoms with Crippen molar-refractivity contribution in [1.82, 2.24) is 9.97 Å². The summed E-state index contributed by atoms with van der Waals surface area (Å²) in [5.74, 6) is 3.12. The molecule has 0 aliphatic carbocycles. The Morgan fingerprint density at radius 1 is 1.15 bits per heavy atom. The van der Waals surface area contributed by atoms with Gasteiger partial charge in [-0.1, -0.05) is 22.9 Å². The minimum absolute atomic E-state index is 0.751. The number of rotatable bonds is 5. The van der Waals surface area contributed by atoms with Crippen LogP contribution in [0, 0.1) is 0 Å². The van der Waals surface area contributed by atoms with Gasteiger partial charge >= 0.3 is 0 Å². The molecule has 1 heterocycles. The van der Waals surface area contributed by atoms with Gasteiger partial charge in [0.1, 0.15) is 23.2 Å². The van der Waals surface area contributed by atoms with Crippen molar-refractivity contribution < 1.29 is 4.74 Å². The molecule has 1 aromatic carbocycles. The van der Waals surface area contributed by atoms with Gasteiger partial charge in [-0.05, 0) is 12.1 Å². The van der Waals surface area contributed by atoms with Crippen LogP contribution in [0.1, 0.15) is 12.7 Å². The standard InChI is InChI=1S/C14H17BrN4O/c1-4-12-18-13(16-2)8-14(19-12)17-10-5-9(15)6-11(7-10)20-3/h5-8H,4H2,1-3H3,(H2,16,17,18,19). The smallest absolute Gasteiger partial charge is 0.136 e. The number of hydrogen-bond acceptors (Lipinski definition) is 5. The first-order chi connectivity index (χ1) is 9.64. The summed E-state index contributed by atoms with van der Waals surface area (Å²) in [7, 11) is 3.48. The predicted molar refractivity (Wildman–Crippen MR) is 84.9 cm³/mol. The summed E-state index contributed by atoms with van der Waals surface area (Å²) in [5.41, 5.74) is 0.902. The topological polar surface area (TPSA) is 59.1 Å². The molecule has 0 spiro atoms. The Labute approximate surface area is 126 Å². The molecule has 0 unspecified atom stereocenters. The number of aromatic nitrogens is 2. The van der Waals surface area contributed by atoms with Crippen LogP contribution in [0.25, 0.3) is 0 Å². The Balaban J connectivity index is 2.31. The van der Waals surface area contributed by atoms with E-state index >= 15 is 0 Å². The van der Waals surface area contributed by atoms with Crippen LogP contribution < -0.4 is 15.4 Å². The third-order valence-electron chi connectivity index (χ3n) is 2.72. The Kier molecular flexibility index (Phi) is 4.79. The molecule has 0 saturated heterocycles. The fourth-order valence-electron chi connectivity index (χ4n) is 1.75. The Hall–Kier alpha value is -1.82. The van der Waals surface area contributed by atoms with E-state index in [9.17, 15) is 0 Å². The number of ether oxygens (including phenoxy) is 1. The summed E-state index contributed by atoms with van der Waals surface area (Å²) >= 11 is 3.46. The van der Waals surface area contributed by atoms with Gasteiger partial charge in [-0.2, -0.15) is 0 Å². The van der Waals surface area contributed by atoms with E-state index < -0.39 is 0 Å². The van der Waals surface area contributed by atoms with Gasteiger partial charge in [-0.25, -0.2) is 9.97 Å². The first-order valence-electron chi connectivity index (χ1n) is 6.32. The maximum atomic E-state index is 5.25. The number of aryl methyl sites for hydroxylation is 1. The zero-order valence-corrected chi connectivity index (χ0v) is 13.3. The third kappa shape index (κ3) is 3.60. The summed E-state index contributed by atoms with van der Waals surface area (Å²) in [6.45, 7) is 2.03. The van der Waals surface area contributed by atoms with E-state index in [2.05, 4.69) is 36.5 Å². The second-order valence-corrected chi connectivity index (χ2v) is 5.08. The molecule has 0 saturated carbocycles. The minimum atomic E-state index is 0.751. The maximum Gasteiger partial charge on any atom is 0.136 e. The monoisotopic (exact) mass is 336 g/mol. The van der Waals surface area contributed by atoms with Crippen molar-refractivity contribution >= 4 is 33.3 Å². The molecule has 0 aliphatic rings. The Bertz CT molecular complexity index is 581. The van der Waals surface area contributed by atoms with Crippen molar-refractivity contribution in [2.24, 2.45) is 0 Å². The largest absolute Gasteiger partial charge is 0.497 e.